The van der Waals surface area contributed by atoms with Gasteiger partial charge >= 0.3 is 5.97 Å². The summed E-state index contributed by atoms with van der Waals surface area (Å²) < 4.78 is 31.7. The Labute approximate surface area is 190 Å². The number of amides is 3. The van der Waals surface area contributed by atoms with E-state index >= 15 is 0 Å². The smallest absolute Gasteiger partial charge is 0.341 e. The summed E-state index contributed by atoms with van der Waals surface area (Å²) in [6, 6.07) is 10.5. The number of halogens is 2. The Morgan fingerprint density at radius 3 is 2.27 bits per heavy atom. The van der Waals surface area contributed by atoms with E-state index in [1.54, 1.807) is 31.2 Å². The van der Waals surface area contributed by atoms with Crippen molar-refractivity contribution >= 4 is 40.0 Å². The summed E-state index contributed by atoms with van der Waals surface area (Å²) in [4.78, 5) is 51.7. The maximum absolute atomic E-state index is 13.5. The van der Waals surface area contributed by atoms with E-state index in [4.69, 9.17) is 4.74 Å². The molecule has 1 aliphatic heterocycles. The third-order valence-corrected chi connectivity index (χ3v) is 5.91. The molecule has 0 radical (unpaired) electrons. The Morgan fingerprint density at radius 2 is 1.67 bits per heavy atom. The number of carbonyl (C=O) groups is 4. The lowest BCUT2D eigenvalue weighted by Crippen LogP contribution is -2.28. The van der Waals surface area contributed by atoms with Crippen LogP contribution in [0.4, 0.5) is 13.8 Å². The maximum atomic E-state index is 13.5. The first-order chi connectivity index (χ1) is 15.8. The highest BCUT2D eigenvalue weighted by Crippen LogP contribution is 2.32. The van der Waals surface area contributed by atoms with Crippen LogP contribution < -0.4 is 5.32 Å². The topological polar surface area (TPSA) is 92.8 Å². The quantitative estimate of drug-likeness (QED) is 0.430. The minimum Gasteiger partial charge on any atom is -0.462 e. The number of fused-ring (bicyclic) bond motifs is 1. The monoisotopic (exact) mass is 470 g/mol. The molecule has 0 spiro atoms. The predicted octanol–water partition coefficient (Wildman–Crippen LogP) is 4.25. The van der Waals surface area contributed by atoms with Gasteiger partial charge in [-0.15, -0.1) is 11.3 Å². The van der Waals surface area contributed by atoms with E-state index in [2.05, 4.69) is 5.32 Å². The summed E-state index contributed by atoms with van der Waals surface area (Å²) in [5.74, 6) is -4.71. The van der Waals surface area contributed by atoms with Gasteiger partial charge in [-0.1, -0.05) is 12.1 Å². The van der Waals surface area contributed by atoms with Crippen LogP contribution in [-0.4, -0.2) is 35.2 Å². The van der Waals surface area contributed by atoms with E-state index in [-0.39, 0.29) is 40.4 Å². The van der Waals surface area contributed by atoms with Crippen LogP contribution in [0.1, 0.15) is 53.2 Å². The second kappa shape index (κ2) is 8.91. The molecule has 1 aromatic heterocycles. The minimum absolute atomic E-state index is 0.0180. The fourth-order valence-corrected chi connectivity index (χ4v) is 4.35. The normalized spacial score (nSPS) is 12.6. The van der Waals surface area contributed by atoms with Gasteiger partial charge in [-0.2, -0.15) is 0 Å². The van der Waals surface area contributed by atoms with Gasteiger partial charge in [0.1, 0.15) is 5.00 Å². The summed E-state index contributed by atoms with van der Waals surface area (Å²) >= 11 is 0.967. The molecule has 0 saturated heterocycles. The van der Waals surface area contributed by atoms with Gasteiger partial charge in [0.15, 0.2) is 11.6 Å². The number of carbonyl (C=O) groups excluding carboxylic acids is 4. The molecule has 0 atom stereocenters. The van der Waals surface area contributed by atoms with Crippen LogP contribution in [0, 0.1) is 11.6 Å². The molecule has 3 amide bonds. The summed E-state index contributed by atoms with van der Waals surface area (Å²) in [5, 5.41) is 2.59. The number of hydrogen-bond donors (Lipinski definition) is 1. The van der Waals surface area contributed by atoms with Crippen LogP contribution in [0.3, 0.4) is 0 Å². The van der Waals surface area contributed by atoms with Gasteiger partial charge in [0.2, 0.25) is 0 Å². The number of rotatable bonds is 6. The third-order valence-electron chi connectivity index (χ3n) is 4.88. The molecule has 0 fully saturated rings. The van der Waals surface area contributed by atoms with Crippen molar-refractivity contribution in [3.05, 3.63) is 87.3 Å². The number of thiophene rings is 1. The zero-order chi connectivity index (χ0) is 23.7. The zero-order valence-corrected chi connectivity index (χ0v) is 18.0. The number of nitrogens with zero attached hydrogens (tertiary/aromatic N) is 1. The molecule has 2 heterocycles. The molecule has 3 aromatic rings. The molecule has 4 rings (SSSR count). The van der Waals surface area contributed by atoms with Crippen molar-refractivity contribution in [3.63, 3.8) is 0 Å². The van der Waals surface area contributed by atoms with Crippen molar-refractivity contribution in [3.8, 4) is 0 Å². The predicted molar refractivity (Wildman–Crippen MR) is 115 cm³/mol. The van der Waals surface area contributed by atoms with Gasteiger partial charge in [0.05, 0.1) is 29.8 Å². The lowest BCUT2D eigenvalue weighted by molar-refractivity contribution is 0.0527. The second-order valence-electron chi connectivity index (χ2n) is 7.00. The molecular weight excluding hydrogens is 454 g/mol. The van der Waals surface area contributed by atoms with Crippen LogP contribution >= 0.6 is 11.3 Å². The molecule has 0 unspecified atom stereocenters. The van der Waals surface area contributed by atoms with Gasteiger partial charge in [-0.3, -0.25) is 19.3 Å². The number of ether oxygens (including phenoxy) is 1. The third kappa shape index (κ3) is 4.24. The largest absolute Gasteiger partial charge is 0.462 e. The van der Waals surface area contributed by atoms with Crippen LogP contribution in [0.15, 0.2) is 48.5 Å². The number of imide groups is 1. The summed E-state index contributed by atoms with van der Waals surface area (Å²) in [6.07, 6.45) is 0. The molecule has 2 aromatic carbocycles. The second-order valence-corrected chi connectivity index (χ2v) is 8.14. The minimum atomic E-state index is -1.19. The Balaban J connectivity index is 1.61. The average molecular weight is 470 g/mol. The Kier molecular flexibility index (Phi) is 6.01. The van der Waals surface area contributed by atoms with Gasteiger partial charge in [0, 0.05) is 10.4 Å². The average Bonchev–Trinajstić information content (AvgIpc) is 3.30. The zero-order valence-electron chi connectivity index (χ0n) is 17.2. The molecule has 168 valence electrons. The van der Waals surface area contributed by atoms with E-state index < -0.39 is 35.3 Å². The fourth-order valence-electron chi connectivity index (χ4n) is 3.32. The highest BCUT2D eigenvalue weighted by Gasteiger charge is 2.35. The van der Waals surface area contributed by atoms with Crippen molar-refractivity contribution in [1.82, 2.24) is 4.90 Å². The molecule has 0 bridgehead atoms. The van der Waals surface area contributed by atoms with Crippen molar-refractivity contribution in [2.45, 2.75) is 13.5 Å². The van der Waals surface area contributed by atoms with Crippen LogP contribution in [-0.2, 0) is 11.3 Å². The van der Waals surface area contributed by atoms with Crippen molar-refractivity contribution < 1.29 is 32.7 Å². The van der Waals surface area contributed by atoms with E-state index in [0.29, 0.717) is 4.88 Å². The number of nitrogens with one attached hydrogen (secondary N) is 1. The fraction of sp³-hybridized carbons (Fsp3) is 0.130. The van der Waals surface area contributed by atoms with E-state index in [1.807, 2.05) is 0 Å². The summed E-state index contributed by atoms with van der Waals surface area (Å²) in [5.41, 5.74) is 0.441. The van der Waals surface area contributed by atoms with Crippen molar-refractivity contribution in [2.75, 3.05) is 11.9 Å². The van der Waals surface area contributed by atoms with E-state index in [9.17, 15) is 28.0 Å². The Bertz CT molecular complexity index is 1270. The molecule has 7 nitrogen and oxygen atoms in total. The molecule has 0 saturated carbocycles. The molecular formula is C23H16F2N2O5S. The lowest BCUT2D eigenvalue weighted by Gasteiger charge is -2.12. The van der Waals surface area contributed by atoms with Gasteiger partial charge in [-0.05, 0) is 43.3 Å². The van der Waals surface area contributed by atoms with Gasteiger partial charge in [-0.25, -0.2) is 13.6 Å². The van der Waals surface area contributed by atoms with Crippen molar-refractivity contribution in [2.24, 2.45) is 0 Å². The van der Waals surface area contributed by atoms with Crippen LogP contribution in [0.5, 0.6) is 0 Å². The number of hydrogen-bond acceptors (Lipinski definition) is 6. The standard InChI is InChI=1S/C23H16F2N2O5S/c1-2-32-23(31)16-10-13(11-27-21(29)14-5-3-4-6-15(14)22(27)30)33-20(16)26-19(28)12-7-8-17(24)18(25)9-12/h3-10H,2,11H2,1H3,(H,26,28). The van der Waals surface area contributed by atoms with Gasteiger partial charge in [0.25, 0.3) is 17.7 Å². The summed E-state index contributed by atoms with van der Waals surface area (Å²) in [6.45, 7) is 1.58. The Hall–Kier alpha value is -3.92. The van der Waals surface area contributed by atoms with Crippen molar-refractivity contribution in [1.29, 1.82) is 0 Å². The first kappa shape index (κ1) is 22.3. The highest BCUT2D eigenvalue weighted by atomic mass is 32.1. The van der Waals surface area contributed by atoms with Crippen LogP contribution in [0.25, 0.3) is 0 Å². The number of esters is 1. The van der Waals surface area contributed by atoms with Crippen LogP contribution in [0.2, 0.25) is 0 Å². The molecule has 33 heavy (non-hydrogen) atoms. The summed E-state index contributed by atoms with van der Waals surface area (Å²) in [7, 11) is 0. The first-order valence-corrected chi connectivity index (χ1v) is 10.6. The Morgan fingerprint density at radius 1 is 1.00 bits per heavy atom. The maximum Gasteiger partial charge on any atom is 0.341 e. The first-order valence-electron chi connectivity index (χ1n) is 9.81. The van der Waals surface area contributed by atoms with Gasteiger partial charge < -0.3 is 10.1 Å². The molecule has 0 aliphatic carbocycles. The lowest BCUT2D eigenvalue weighted by atomic mass is 10.1. The van der Waals surface area contributed by atoms with E-state index in [1.165, 1.54) is 6.07 Å². The molecule has 10 heteroatoms. The van der Waals surface area contributed by atoms with E-state index in [0.717, 1.165) is 34.4 Å². The number of anilines is 1. The molecule has 1 aliphatic rings. The highest BCUT2D eigenvalue weighted by molar-refractivity contribution is 7.16. The SMILES string of the molecule is CCOC(=O)c1cc(CN2C(=O)c3ccccc3C2=O)sc1NC(=O)c1ccc(F)c(F)c1. The molecule has 1 N–H and O–H groups in total. The number of benzene rings is 2.